The maximum absolute atomic E-state index is 13.6. The molecule has 0 bridgehead atoms. The van der Waals surface area contributed by atoms with E-state index in [0.29, 0.717) is 29.3 Å². The van der Waals surface area contributed by atoms with E-state index >= 15 is 0 Å². The summed E-state index contributed by atoms with van der Waals surface area (Å²) in [6, 6.07) is 12.3. The number of imide groups is 1. The van der Waals surface area contributed by atoms with Gasteiger partial charge in [0.25, 0.3) is 23.4 Å². The molecule has 2 aromatic carbocycles. The molecule has 2 aromatic rings. The summed E-state index contributed by atoms with van der Waals surface area (Å²) in [4.78, 5) is 51.0. The predicted octanol–water partition coefficient (Wildman–Crippen LogP) is 4.23. The van der Waals surface area contributed by atoms with Crippen molar-refractivity contribution in [1.82, 2.24) is 10.0 Å². The SMILES string of the molecule is C[C@@H]1CC[C@H]2C(=O)N(N(Cc3ccccc3Cl)C(=O)c3ccccc3[N+](=O)[O-])C(=O)[C@@H]2C1. The van der Waals surface area contributed by atoms with Gasteiger partial charge in [-0.25, -0.2) is 5.01 Å². The van der Waals surface area contributed by atoms with Crippen LogP contribution in [0.2, 0.25) is 5.02 Å². The number of amides is 3. The first-order valence-electron chi connectivity index (χ1n) is 10.5. The highest BCUT2D eigenvalue weighted by atomic mass is 35.5. The number of nitrogens with zero attached hydrogens (tertiary/aromatic N) is 3. The van der Waals surface area contributed by atoms with Crippen LogP contribution in [0.5, 0.6) is 0 Å². The van der Waals surface area contributed by atoms with Gasteiger partial charge in [-0.3, -0.25) is 24.5 Å². The second kappa shape index (κ2) is 8.70. The zero-order valence-corrected chi connectivity index (χ0v) is 18.2. The number of para-hydroxylation sites is 1. The molecule has 0 aromatic heterocycles. The average molecular weight is 456 g/mol. The zero-order chi connectivity index (χ0) is 23.0. The molecule has 1 aliphatic heterocycles. The van der Waals surface area contributed by atoms with Crippen molar-refractivity contribution in [3.63, 3.8) is 0 Å². The molecule has 2 aliphatic rings. The number of rotatable bonds is 5. The number of hydrogen-bond acceptors (Lipinski definition) is 5. The van der Waals surface area contributed by atoms with E-state index in [4.69, 9.17) is 11.6 Å². The Morgan fingerprint density at radius 1 is 1.09 bits per heavy atom. The Labute approximate surface area is 189 Å². The van der Waals surface area contributed by atoms with Crippen LogP contribution in [0.1, 0.15) is 42.1 Å². The number of nitro groups is 1. The van der Waals surface area contributed by atoms with Gasteiger partial charge in [0.15, 0.2) is 0 Å². The minimum atomic E-state index is -0.800. The van der Waals surface area contributed by atoms with E-state index in [2.05, 4.69) is 0 Å². The first kappa shape index (κ1) is 22.0. The van der Waals surface area contributed by atoms with Crippen LogP contribution in [0, 0.1) is 27.9 Å². The van der Waals surface area contributed by atoms with Gasteiger partial charge >= 0.3 is 0 Å². The molecular formula is C23H22ClN3O5. The number of hydrogen-bond donors (Lipinski definition) is 0. The van der Waals surface area contributed by atoms with Gasteiger partial charge < -0.3 is 0 Å². The molecule has 1 saturated heterocycles. The van der Waals surface area contributed by atoms with E-state index in [1.807, 2.05) is 6.92 Å². The monoisotopic (exact) mass is 455 g/mol. The molecule has 1 heterocycles. The van der Waals surface area contributed by atoms with Crippen LogP contribution in [-0.4, -0.2) is 32.7 Å². The third-order valence-electron chi connectivity index (χ3n) is 6.25. The largest absolute Gasteiger partial charge is 0.282 e. The molecule has 0 spiro atoms. The molecule has 1 saturated carbocycles. The van der Waals surface area contributed by atoms with Crippen LogP contribution in [-0.2, 0) is 16.1 Å². The highest BCUT2D eigenvalue weighted by Gasteiger charge is 2.52. The fourth-order valence-electron chi connectivity index (χ4n) is 4.58. The lowest BCUT2D eigenvalue weighted by atomic mass is 9.76. The molecule has 8 nitrogen and oxygen atoms in total. The molecule has 9 heteroatoms. The molecule has 166 valence electrons. The Hall–Kier alpha value is -3.26. The van der Waals surface area contributed by atoms with Gasteiger partial charge in [-0.1, -0.05) is 48.9 Å². The average Bonchev–Trinajstić information content (AvgIpc) is 3.02. The van der Waals surface area contributed by atoms with E-state index in [9.17, 15) is 24.5 Å². The maximum Gasteiger partial charge on any atom is 0.282 e. The molecule has 4 rings (SSSR count). The second-order valence-electron chi connectivity index (χ2n) is 8.35. The maximum atomic E-state index is 13.6. The van der Waals surface area contributed by atoms with Crippen LogP contribution < -0.4 is 0 Å². The van der Waals surface area contributed by atoms with Gasteiger partial charge in [0.1, 0.15) is 5.56 Å². The van der Waals surface area contributed by atoms with Crippen molar-refractivity contribution in [2.24, 2.45) is 17.8 Å². The summed E-state index contributed by atoms with van der Waals surface area (Å²) in [6.45, 7) is 1.87. The number of benzene rings is 2. The van der Waals surface area contributed by atoms with Gasteiger partial charge in [0, 0.05) is 11.1 Å². The van der Waals surface area contributed by atoms with Gasteiger partial charge in [-0.05, 0) is 42.9 Å². The Kier molecular flexibility index (Phi) is 5.97. The molecule has 3 atom stereocenters. The van der Waals surface area contributed by atoms with E-state index in [-0.39, 0.29) is 12.1 Å². The molecule has 1 aliphatic carbocycles. The Morgan fingerprint density at radius 2 is 1.75 bits per heavy atom. The molecule has 0 N–H and O–H groups in total. The van der Waals surface area contributed by atoms with Crippen molar-refractivity contribution >= 4 is 35.0 Å². The van der Waals surface area contributed by atoms with Crippen molar-refractivity contribution in [3.05, 3.63) is 74.8 Å². The first-order chi connectivity index (χ1) is 15.3. The molecule has 32 heavy (non-hydrogen) atoms. The standard InChI is InChI=1S/C23H22ClN3O5/c1-14-10-11-16-18(12-14)23(30)26(22(16)29)25(13-15-6-2-4-8-19(15)24)21(28)17-7-3-5-9-20(17)27(31)32/h2-9,14,16,18H,10-13H2,1H3/t14-,16-,18-/m1/s1. The van der Waals surface area contributed by atoms with Crippen LogP contribution in [0.25, 0.3) is 0 Å². The van der Waals surface area contributed by atoms with Crippen molar-refractivity contribution in [1.29, 1.82) is 0 Å². The van der Waals surface area contributed by atoms with Crippen molar-refractivity contribution in [2.75, 3.05) is 0 Å². The number of carbonyl (C=O) groups is 3. The van der Waals surface area contributed by atoms with E-state index < -0.39 is 40.2 Å². The van der Waals surface area contributed by atoms with E-state index in [1.54, 1.807) is 24.3 Å². The zero-order valence-electron chi connectivity index (χ0n) is 17.4. The number of nitro benzene ring substituents is 1. The quantitative estimate of drug-likeness (QED) is 0.381. The van der Waals surface area contributed by atoms with Crippen molar-refractivity contribution < 1.29 is 19.3 Å². The molecule has 0 unspecified atom stereocenters. The highest BCUT2D eigenvalue weighted by Crippen LogP contribution is 2.41. The Morgan fingerprint density at radius 3 is 2.47 bits per heavy atom. The fourth-order valence-corrected chi connectivity index (χ4v) is 4.78. The number of hydrazine groups is 1. The van der Waals surface area contributed by atoms with Gasteiger partial charge in [0.05, 0.1) is 23.3 Å². The number of carbonyl (C=O) groups excluding carboxylic acids is 3. The lowest BCUT2D eigenvalue weighted by molar-refractivity contribution is -0.385. The number of halogens is 1. The molecule has 0 radical (unpaired) electrons. The van der Waals surface area contributed by atoms with Crippen LogP contribution in [0.3, 0.4) is 0 Å². The smallest absolute Gasteiger partial charge is 0.272 e. The van der Waals surface area contributed by atoms with Crippen LogP contribution >= 0.6 is 11.6 Å². The summed E-state index contributed by atoms with van der Waals surface area (Å²) in [5, 5.41) is 13.8. The van der Waals surface area contributed by atoms with Gasteiger partial charge in [-0.15, -0.1) is 0 Å². The Bertz CT molecular complexity index is 1100. The summed E-state index contributed by atoms with van der Waals surface area (Å²) < 4.78 is 0. The topological polar surface area (TPSA) is 101 Å². The third-order valence-corrected chi connectivity index (χ3v) is 6.62. The molecular weight excluding hydrogens is 434 g/mol. The van der Waals surface area contributed by atoms with Crippen LogP contribution in [0.4, 0.5) is 5.69 Å². The van der Waals surface area contributed by atoms with Crippen molar-refractivity contribution in [3.8, 4) is 0 Å². The molecule has 3 amide bonds. The summed E-state index contributed by atoms with van der Waals surface area (Å²) in [6.07, 6.45) is 1.98. The highest BCUT2D eigenvalue weighted by molar-refractivity contribution is 6.31. The van der Waals surface area contributed by atoms with E-state index in [1.165, 1.54) is 24.3 Å². The third kappa shape index (κ3) is 3.86. The summed E-state index contributed by atoms with van der Waals surface area (Å²) in [7, 11) is 0. The summed E-state index contributed by atoms with van der Waals surface area (Å²) >= 11 is 6.29. The van der Waals surface area contributed by atoms with Gasteiger partial charge in [-0.2, -0.15) is 5.01 Å². The summed E-state index contributed by atoms with van der Waals surface area (Å²) in [5.41, 5.74) is -0.0786. The normalized spacial score (nSPS) is 22.6. The second-order valence-corrected chi connectivity index (χ2v) is 8.76. The lowest BCUT2D eigenvalue weighted by Gasteiger charge is -2.30. The minimum absolute atomic E-state index is 0.170. The lowest BCUT2D eigenvalue weighted by Crippen LogP contribution is -2.50. The number of fused-ring (bicyclic) bond motifs is 1. The fraction of sp³-hybridized carbons (Fsp3) is 0.348. The Balaban J connectivity index is 1.78. The first-order valence-corrected chi connectivity index (χ1v) is 10.8. The van der Waals surface area contributed by atoms with Crippen molar-refractivity contribution in [2.45, 2.75) is 32.7 Å². The van der Waals surface area contributed by atoms with Gasteiger partial charge in [0.2, 0.25) is 0 Å². The van der Waals surface area contributed by atoms with E-state index in [0.717, 1.165) is 16.4 Å². The molecule has 2 fully saturated rings. The minimum Gasteiger partial charge on any atom is -0.272 e. The van der Waals surface area contributed by atoms with Crippen LogP contribution in [0.15, 0.2) is 48.5 Å². The predicted molar refractivity (Wildman–Crippen MR) is 116 cm³/mol. The summed E-state index contributed by atoms with van der Waals surface area (Å²) in [5.74, 6) is -2.34.